The van der Waals surface area contributed by atoms with Crippen LogP contribution >= 0.6 is 0 Å². The van der Waals surface area contributed by atoms with Crippen molar-refractivity contribution in [1.82, 2.24) is 15.0 Å². The number of carbonyl (C=O) groups is 1. The van der Waals surface area contributed by atoms with E-state index in [4.69, 9.17) is 18.9 Å². The second-order valence-electron chi connectivity index (χ2n) is 6.66. The fraction of sp³-hybridized carbons (Fsp3) is 0.286. The minimum absolute atomic E-state index is 0.181. The lowest BCUT2D eigenvalue weighted by molar-refractivity contribution is -0.00173. The molecule has 1 atom stereocenters. The van der Waals surface area contributed by atoms with Crippen molar-refractivity contribution < 1.29 is 23.7 Å². The van der Waals surface area contributed by atoms with Crippen LogP contribution in [0.5, 0.6) is 17.2 Å². The van der Waals surface area contributed by atoms with Crippen LogP contribution in [0, 0.1) is 0 Å². The van der Waals surface area contributed by atoms with E-state index in [0.717, 1.165) is 11.3 Å². The van der Waals surface area contributed by atoms with Gasteiger partial charge in [-0.05, 0) is 29.8 Å². The number of amides is 1. The molecule has 0 bridgehead atoms. The van der Waals surface area contributed by atoms with Crippen LogP contribution in [0.2, 0.25) is 0 Å². The van der Waals surface area contributed by atoms with Crippen molar-refractivity contribution in [2.45, 2.75) is 19.3 Å². The summed E-state index contributed by atoms with van der Waals surface area (Å²) in [7, 11) is 4.71. The summed E-state index contributed by atoms with van der Waals surface area (Å²) in [6.45, 7) is 0.687. The number of aromatic nitrogens is 3. The van der Waals surface area contributed by atoms with E-state index in [-0.39, 0.29) is 18.4 Å². The highest BCUT2D eigenvalue weighted by Gasteiger charge is 2.28. The molecule has 2 heterocycles. The van der Waals surface area contributed by atoms with Gasteiger partial charge in [-0.15, -0.1) is 5.10 Å². The van der Waals surface area contributed by atoms with E-state index in [1.807, 2.05) is 24.3 Å². The molecule has 0 radical (unpaired) electrons. The van der Waals surface area contributed by atoms with E-state index in [1.165, 1.54) is 7.11 Å². The van der Waals surface area contributed by atoms with Gasteiger partial charge in [-0.2, -0.15) is 0 Å². The number of carbonyl (C=O) groups excluding carboxylic acids is 1. The van der Waals surface area contributed by atoms with Gasteiger partial charge in [0.2, 0.25) is 0 Å². The second kappa shape index (κ2) is 8.42. The quantitative estimate of drug-likeness (QED) is 0.667. The molecular weight excluding hydrogens is 388 g/mol. The smallest absolute Gasteiger partial charge is 0.278 e. The van der Waals surface area contributed by atoms with E-state index in [1.54, 1.807) is 37.1 Å². The number of methoxy groups -OCH3 is 3. The third kappa shape index (κ3) is 3.79. The third-order valence-electron chi connectivity index (χ3n) is 4.96. The Morgan fingerprint density at radius 2 is 1.80 bits per heavy atom. The summed E-state index contributed by atoms with van der Waals surface area (Å²) in [5.41, 5.74) is 2.33. The molecule has 4 rings (SSSR count). The zero-order valence-electron chi connectivity index (χ0n) is 16.9. The highest BCUT2D eigenvalue weighted by molar-refractivity contribution is 6.04. The van der Waals surface area contributed by atoms with E-state index in [2.05, 4.69) is 15.6 Å². The molecule has 3 aromatic rings. The molecule has 1 aliphatic heterocycles. The first kappa shape index (κ1) is 19.7. The monoisotopic (exact) mass is 410 g/mol. The molecule has 156 valence electrons. The molecule has 0 saturated carbocycles. The van der Waals surface area contributed by atoms with Crippen LogP contribution in [-0.4, -0.2) is 42.2 Å². The molecule has 1 unspecified atom stereocenters. The number of nitrogens with zero attached hydrogens (tertiary/aromatic N) is 3. The SMILES string of the molecule is COc1ccc(C2Cn3nnc(C(=O)Nc4cc(OC)ccc4OC)c3CO2)cc1. The van der Waals surface area contributed by atoms with Gasteiger partial charge in [0.15, 0.2) is 5.69 Å². The summed E-state index contributed by atoms with van der Waals surface area (Å²) in [5.74, 6) is 1.50. The molecule has 9 heteroatoms. The summed E-state index contributed by atoms with van der Waals surface area (Å²) in [4.78, 5) is 12.8. The number of anilines is 1. The zero-order chi connectivity index (χ0) is 21.1. The third-order valence-corrected chi connectivity index (χ3v) is 4.96. The van der Waals surface area contributed by atoms with Gasteiger partial charge >= 0.3 is 0 Å². The van der Waals surface area contributed by atoms with Crippen LogP contribution in [0.25, 0.3) is 0 Å². The zero-order valence-corrected chi connectivity index (χ0v) is 16.9. The number of fused-ring (bicyclic) bond motifs is 1. The first-order valence-corrected chi connectivity index (χ1v) is 9.34. The van der Waals surface area contributed by atoms with Gasteiger partial charge in [0, 0.05) is 6.07 Å². The van der Waals surface area contributed by atoms with Crippen molar-refractivity contribution >= 4 is 11.6 Å². The molecular formula is C21H22N4O5. The van der Waals surface area contributed by atoms with Crippen LogP contribution in [-0.2, 0) is 17.9 Å². The van der Waals surface area contributed by atoms with Crippen molar-refractivity contribution in [3.63, 3.8) is 0 Å². The molecule has 9 nitrogen and oxygen atoms in total. The van der Waals surface area contributed by atoms with Crippen LogP contribution in [0.15, 0.2) is 42.5 Å². The van der Waals surface area contributed by atoms with Gasteiger partial charge in [0.1, 0.15) is 23.4 Å². The fourth-order valence-corrected chi connectivity index (χ4v) is 3.30. The largest absolute Gasteiger partial charge is 0.497 e. The Kier molecular flexibility index (Phi) is 5.53. The Balaban J connectivity index is 1.52. The fourth-order valence-electron chi connectivity index (χ4n) is 3.30. The molecule has 0 saturated heterocycles. The molecule has 30 heavy (non-hydrogen) atoms. The minimum Gasteiger partial charge on any atom is -0.497 e. The van der Waals surface area contributed by atoms with E-state index < -0.39 is 5.91 Å². The Morgan fingerprint density at radius 3 is 2.50 bits per heavy atom. The lowest BCUT2D eigenvalue weighted by Gasteiger charge is -2.24. The molecule has 1 aliphatic rings. The van der Waals surface area contributed by atoms with Crippen molar-refractivity contribution in [2.24, 2.45) is 0 Å². The first-order chi connectivity index (χ1) is 14.6. The summed E-state index contributed by atoms with van der Waals surface area (Å²) >= 11 is 0. The number of rotatable bonds is 6. The van der Waals surface area contributed by atoms with Crippen molar-refractivity contribution in [3.8, 4) is 17.2 Å². The second-order valence-corrected chi connectivity index (χ2v) is 6.66. The topological polar surface area (TPSA) is 96.7 Å². The molecule has 1 amide bonds. The highest BCUT2D eigenvalue weighted by atomic mass is 16.5. The Morgan fingerprint density at radius 1 is 1.07 bits per heavy atom. The average Bonchev–Trinajstić information content (AvgIpc) is 3.22. The summed E-state index contributed by atoms with van der Waals surface area (Å²) in [6.07, 6.45) is -0.181. The predicted octanol–water partition coefficient (Wildman–Crippen LogP) is 2.83. The van der Waals surface area contributed by atoms with Crippen LogP contribution in [0.4, 0.5) is 5.69 Å². The minimum atomic E-state index is -0.394. The molecule has 0 spiro atoms. The molecule has 1 aromatic heterocycles. The first-order valence-electron chi connectivity index (χ1n) is 9.34. The normalized spacial score (nSPS) is 15.2. The maximum absolute atomic E-state index is 12.8. The van der Waals surface area contributed by atoms with Crippen molar-refractivity contribution in [3.05, 3.63) is 59.4 Å². The summed E-state index contributed by atoms with van der Waals surface area (Å²) in [6, 6.07) is 12.8. The number of hydrogen-bond acceptors (Lipinski definition) is 7. The van der Waals surface area contributed by atoms with Gasteiger partial charge < -0.3 is 24.3 Å². The highest BCUT2D eigenvalue weighted by Crippen LogP contribution is 2.31. The number of benzene rings is 2. The predicted molar refractivity (Wildman–Crippen MR) is 108 cm³/mol. The van der Waals surface area contributed by atoms with Gasteiger partial charge in [-0.25, -0.2) is 4.68 Å². The maximum atomic E-state index is 12.8. The maximum Gasteiger partial charge on any atom is 0.278 e. The van der Waals surface area contributed by atoms with E-state index in [9.17, 15) is 4.79 Å². The van der Waals surface area contributed by atoms with Gasteiger partial charge in [-0.3, -0.25) is 4.79 Å². The summed E-state index contributed by atoms with van der Waals surface area (Å²) < 4.78 is 23.4. The Bertz CT molecular complexity index is 1050. The Labute approximate surface area is 173 Å². The van der Waals surface area contributed by atoms with Crippen LogP contribution in [0.1, 0.15) is 27.8 Å². The lowest BCUT2D eigenvalue weighted by Crippen LogP contribution is -2.24. The number of hydrogen-bond donors (Lipinski definition) is 1. The van der Waals surface area contributed by atoms with Crippen molar-refractivity contribution in [2.75, 3.05) is 26.6 Å². The molecule has 0 aliphatic carbocycles. The summed E-state index contributed by atoms with van der Waals surface area (Å²) in [5, 5.41) is 11.0. The average molecular weight is 410 g/mol. The molecule has 2 aromatic carbocycles. The van der Waals surface area contributed by atoms with E-state index in [0.29, 0.717) is 29.4 Å². The lowest BCUT2D eigenvalue weighted by atomic mass is 10.1. The standard InChI is InChI=1S/C21H22N4O5/c1-27-14-6-4-13(5-7-14)19-11-25-17(12-30-19)20(23-24-25)21(26)22-16-10-15(28-2)8-9-18(16)29-3/h4-10,19H,11-12H2,1-3H3,(H,22,26). The van der Waals surface area contributed by atoms with Gasteiger partial charge in [0.25, 0.3) is 5.91 Å². The van der Waals surface area contributed by atoms with Crippen LogP contribution in [0.3, 0.4) is 0 Å². The number of ether oxygens (including phenoxy) is 4. The Hall–Kier alpha value is -3.59. The molecule has 1 N–H and O–H groups in total. The molecule has 0 fully saturated rings. The van der Waals surface area contributed by atoms with E-state index >= 15 is 0 Å². The number of nitrogens with one attached hydrogen (secondary N) is 1. The van der Waals surface area contributed by atoms with Gasteiger partial charge in [-0.1, -0.05) is 17.3 Å². The van der Waals surface area contributed by atoms with Crippen molar-refractivity contribution in [1.29, 1.82) is 0 Å². The van der Waals surface area contributed by atoms with Crippen LogP contribution < -0.4 is 19.5 Å². The van der Waals surface area contributed by atoms with Gasteiger partial charge in [0.05, 0.1) is 45.9 Å².